The molecular formula is C13H13FN2O2. The van der Waals surface area contributed by atoms with Gasteiger partial charge in [0.1, 0.15) is 12.1 Å². The van der Waals surface area contributed by atoms with E-state index in [4.69, 9.17) is 4.42 Å². The van der Waals surface area contributed by atoms with Crippen LogP contribution in [0.3, 0.4) is 0 Å². The molecular weight excluding hydrogens is 235 g/mol. The second-order valence-electron chi connectivity index (χ2n) is 3.88. The predicted molar refractivity (Wildman–Crippen MR) is 63.3 cm³/mol. The van der Waals surface area contributed by atoms with E-state index in [-0.39, 0.29) is 18.1 Å². The second kappa shape index (κ2) is 5.95. The molecule has 0 saturated heterocycles. The number of rotatable bonds is 5. The Morgan fingerprint density at radius 1 is 1.33 bits per heavy atom. The number of aromatic nitrogens is 1. The third-order valence-electron chi connectivity index (χ3n) is 2.46. The van der Waals surface area contributed by atoms with Gasteiger partial charge in [0.25, 0.3) is 0 Å². The largest absolute Gasteiger partial charge is 0.451 e. The van der Waals surface area contributed by atoms with E-state index in [2.05, 4.69) is 10.3 Å². The highest BCUT2D eigenvalue weighted by Gasteiger charge is 2.03. The number of benzene rings is 1. The highest BCUT2D eigenvalue weighted by Crippen LogP contribution is 2.03. The van der Waals surface area contributed by atoms with E-state index < -0.39 is 0 Å². The molecule has 2 rings (SSSR count). The van der Waals surface area contributed by atoms with Crippen LogP contribution in [0.25, 0.3) is 0 Å². The summed E-state index contributed by atoms with van der Waals surface area (Å²) in [7, 11) is 0. The number of hydrogen-bond acceptors (Lipinski definition) is 3. The molecule has 0 aliphatic rings. The average molecular weight is 248 g/mol. The zero-order valence-corrected chi connectivity index (χ0v) is 9.73. The molecule has 94 valence electrons. The minimum Gasteiger partial charge on any atom is -0.451 e. The van der Waals surface area contributed by atoms with Crippen molar-refractivity contribution in [1.29, 1.82) is 0 Å². The molecule has 0 unspecified atom stereocenters. The minimum absolute atomic E-state index is 0.0925. The fraction of sp³-hybridized carbons (Fsp3) is 0.231. The van der Waals surface area contributed by atoms with Crippen molar-refractivity contribution >= 4 is 5.91 Å². The van der Waals surface area contributed by atoms with Gasteiger partial charge in [0, 0.05) is 13.0 Å². The molecule has 0 fully saturated rings. The Kier molecular flexibility index (Phi) is 4.06. The molecule has 1 aromatic heterocycles. The maximum Gasteiger partial charge on any atom is 0.224 e. The van der Waals surface area contributed by atoms with Gasteiger partial charge in [0.2, 0.25) is 5.91 Å². The minimum atomic E-state index is -0.301. The molecule has 5 heteroatoms. The van der Waals surface area contributed by atoms with Gasteiger partial charge in [-0.05, 0) is 17.7 Å². The average Bonchev–Trinajstić information content (AvgIpc) is 2.85. The number of amides is 1. The monoisotopic (exact) mass is 248 g/mol. The third-order valence-corrected chi connectivity index (χ3v) is 2.46. The molecule has 1 amide bonds. The molecule has 0 radical (unpaired) electrons. The number of hydrogen-bond donors (Lipinski definition) is 1. The number of nitrogens with one attached hydrogen (secondary N) is 1. The molecule has 0 saturated carbocycles. The molecule has 1 N–H and O–H groups in total. The van der Waals surface area contributed by atoms with Gasteiger partial charge < -0.3 is 9.73 Å². The van der Waals surface area contributed by atoms with E-state index in [1.54, 1.807) is 18.4 Å². The van der Waals surface area contributed by atoms with Crippen molar-refractivity contribution in [1.82, 2.24) is 10.3 Å². The standard InChI is InChI=1S/C13H13FN2O2/c14-11-3-1-10(2-4-11)7-13(17)15-6-5-12-8-18-9-16-12/h1-4,8-9H,5-7H2,(H,15,17). The quantitative estimate of drug-likeness (QED) is 0.876. The predicted octanol–water partition coefficient (Wildman–Crippen LogP) is 1.72. The third kappa shape index (κ3) is 3.69. The van der Waals surface area contributed by atoms with E-state index in [9.17, 15) is 9.18 Å². The van der Waals surface area contributed by atoms with E-state index in [0.717, 1.165) is 11.3 Å². The van der Waals surface area contributed by atoms with E-state index in [0.29, 0.717) is 13.0 Å². The molecule has 0 atom stereocenters. The van der Waals surface area contributed by atoms with Crippen molar-refractivity contribution in [2.45, 2.75) is 12.8 Å². The van der Waals surface area contributed by atoms with Gasteiger partial charge in [-0.15, -0.1) is 0 Å². The van der Waals surface area contributed by atoms with Crippen LogP contribution >= 0.6 is 0 Å². The summed E-state index contributed by atoms with van der Waals surface area (Å²) in [4.78, 5) is 15.5. The topological polar surface area (TPSA) is 55.1 Å². The lowest BCUT2D eigenvalue weighted by molar-refractivity contribution is -0.120. The van der Waals surface area contributed by atoms with Crippen LogP contribution in [0, 0.1) is 5.82 Å². The van der Waals surface area contributed by atoms with Gasteiger partial charge in [-0.25, -0.2) is 9.37 Å². The SMILES string of the molecule is O=C(Cc1ccc(F)cc1)NCCc1cocn1. The first kappa shape index (κ1) is 12.3. The first-order chi connectivity index (χ1) is 8.74. The summed E-state index contributed by atoms with van der Waals surface area (Å²) in [6, 6.07) is 5.90. The van der Waals surface area contributed by atoms with E-state index in [1.807, 2.05) is 0 Å². The summed E-state index contributed by atoms with van der Waals surface area (Å²) in [6.45, 7) is 0.507. The number of carbonyl (C=O) groups is 1. The Balaban J connectivity index is 1.73. The number of nitrogens with zero attached hydrogens (tertiary/aromatic N) is 1. The van der Waals surface area contributed by atoms with Crippen LogP contribution in [0.15, 0.2) is 41.3 Å². The Morgan fingerprint density at radius 2 is 2.11 bits per heavy atom. The van der Waals surface area contributed by atoms with Crippen LogP contribution in [0.5, 0.6) is 0 Å². The van der Waals surface area contributed by atoms with Gasteiger partial charge in [0.15, 0.2) is 6.39 Å². The van der Waals surface area contributed by atoms with Crippen LogP contribution in [-0.2, 0) is 17.6 Å². The summed E-state index contributed by atoms with van der Waals surface area (Å²) >= 11 is 0. The summed E-state index contributed by atoms with van der Waals surface area (Å²) in [5.74, 6) is -0.393. The molecule has 2 aromatic rings. The van der Waals surface area contributed by atoms with E-state index >= 15 is 0 Å². The van der Waals surface area contributed by atoms with Crippen LogP contribution in [0.1, 0.15) is 11.3 Å². The number of carbonyl (C=O) groups excluding carboxylic acids is 1. The molecule has 1 aromatic carbocycles. The first-order valence-corrected chi connectivity index (χ1v) is 5.62. The summed E-state index contributed by atoms with van der Waals surface area (Å²) < 4.78 is 17.5. The maximum atomic E-state index is 12.7. The second-order valence-corrected chi connectivity index (χ2v) is 3.88. The molecule has 0 bridgehead atoms. The van der Waals surface area contributed by atoms with E-state index in [1.165, 1.54) is 18.5 Å². The van der Waals surface area contributed by atoms with Gasteiger partial charge in [-0.1, -0.05) is 12.1 Å². The Morgan fingerprint density at radius 3 is 2.78 bits per heavy atom. The molecule has 4 nitrogen and oxygen atoms in total. The highest BCUT2D eigenvalue weighted by atomic mass is 19.1. The molecule has 0 aliphatic heterocycles. The normalized spacial score (nSPS) is 10.3. The zero-order valence-electron chi connectivity index (χ0n) is 9.73. The Bertz CT molecular complexity index is 494. The van der Waals surface area contributed by atoms with Crippen molar-refractivity contribution in [3.05, 3.63) is 54.0 Å². The van der Waals surface area contributed by atoms with Crippen molar-refractivity contribution in [3.63, 3.8) is 0 Å². The van der Waals surface area contributed by atoms with Gasteiger partial charge in [0.05, 0.1) is 12.1 Å². The lowest BCUT2D eigenvalue weighted by atomic mass is 10.1. The highest BCUT2D eigenvalue weighted by molar-refractivity contribution is 5.78. The lowest BCUT2D eigenvalue weighted by Gasteiger charge is -2.04. The van der Waals surface area contributed by atoms with Crippen LogP contribution < -0.4 is 5.32 Å². The van der Waals surface area contributed by atoms with Crippen molar-refractivity contribution in [3.8, 4) is 0 Å². The molecule has 0 aliphatic carbocycles. The van der Waals surface area contributed by atoms with Crippen LogP contribution in [0.2, 0.25) is 0 Å². The number of oxazole rings is 1. The summed E-state index contributed by atoms with van der Waals surface area (Å²) in [6.07, 6.45) is 3.78. The Labute approximate surface area is 104 Å². The maximum absolute atomic E-state index is 12.7. The number of halogens is 1. The molecule has 1 heterocycles. The van der Waals surface area contributed by atoms with Gasteiger partial charge in [-0.2, -0.15) is 0 Å². The molecule has 0 spiro atoms. The lowest BCUT2D eigenvalue weighted by Crippen LogP contribution is -2.27. The van der Waals surface area contributed by atoms with Crippen molar-refractivity contribution in [2.24, 2.45) is 0 Å². The van der Waals surface area contributed by atoms with Crippen LogP contribution in [0.4, 0.5) is 4.39 Å². The van der Waals surface area contributed by atoms with Gasteiger partial charge in [-0.3, -0.25) is 4.79 Å². The fourth-order valence-electron chi connectivity index (χ4n) is 1.54. The van der Waals surface area contributed by atoms with Crippen molar-refractivity contribution < 1.29 is 13.6 Å². The Hall–Kier alpha value is -2.17. The van der Waals surface area contributed by atoms with Crippen LogP contribution in [-0.4, -0.2) is 17.4 Å². The smallest absolute Gasteiger partial charge is 0.224 e. The molecule has 18 heavy (non-hydrogen) atoms. The zero-order chi connectivity index (χ0) is 12.8. The summed E-state index contributed by atoms with van der Waals surface area (Å²) in [5, 5.41) is 2.77. The first-order valence-electron chi connectivity index (χ1n) is 5.62. The fourth-order valence-corrected chi connectivity index (χ4v) is 1.54. The summed E-state index contributed by atoms with van der Waals surface area (Å²) in [5.41, 5.74) is 1.59. The van der Waals surface area contributed by atoms with Gasteiger partial charge >= 0.3 is 0 Å². The van der Waals surface area contributed by atoms with Crippen molar-refractivity contribution in [2.75, 3.05) is 6.54 Å².